The molecule has 2 rings (SSSR count). The van der Waals surface area contributed by atoms with E-state index in [4.69, 9.17) is 0 Å². The standard InChI is InChI=1S/C14H12BrFN2OS/c15-12-2-1-8-17-14(12)20-9-7-13(19)18-11-5-3-10(16)4-6-11/h1-6,8H,7,9H2,(H,18,19). The SMILES string of the molecule is O=C(CCSc1ncccc1Br)Nc1ccc(F)cc1. The Labute approximate surface area is 129 Å². The molecule has 0 fully saturated rings. The quantitative estimate of drug-likeness (QED) is 0.821. The number of pyridine rings is 1. The Morgan fingerprint density at radius 3 is 2.75 bits per heavy atom. The summed E-state index contributed by atoms with van der Waals surface area (Å²) in [6, 6.07) is 9.46. The summed E-state index contributed by atoms with van der Waals surface area (Å²) in [5.41, 5.74) is 0.598. The van der Waals surface area contributed by atoms with Gasteiger partial charge in [-0.15, -0.1) is 11.8 Å². The zero-order valence-corrected chi connectivity index (χ0v) is 12.9. The van der Waals surface area contributed by atoms with Gasteiger partial charge in [0.15, 0.2) is 0 Å². The van der Waals surface area contributed by atoms with Crippen molar-refractivity contribution in [1.82, 2.24) is 4.98 Å². The molecule has 3 nitrogen and oxygen atoms in total. The van der Waals surface area contributed by atoms with Gasteiger partial charge in [-0.2, -0.15) is 0 Å². The number of hydrogen-bond donors (Lipinski definition) is 1. The number of hydrogen-bond acceptors (Lipinski definition) is 3. The maximum Gasteiger partial charge on any atom is 0.225 e. The van der Waals surface area contributed by atoms with E-state index in [0.29, 0.717) is 17.9 Å². The van der Waals surface area contributed by atoms with E-state index in [0.717, 1.165) is 9.50 Å². The number of rotatable bonds is 5. The smallest absolute Gasteiger partial charge is 0.225 e. The van der Waals surface area contributed by atoms with Crippen molar-refractivity contribution in [2.45, 2.75) is 11.4 Å². The van der Waals surface area contributed by atoms with Crippen LogP contribution in [-0.2, 0) is 4.79 Å². The molecule has 0 aliphatic carbocycles. The van der Waals surface area contributed by atoms with Crippen molar-refractivity contribution >= 4 is 39.3 Å². The fourth-order valence-electron chi connectivity index (χ4n) is 1.47. The van der Waals surface area contributed by atoms with Crippen LogP contribution >= 0.6 is 27.7 Å². The molecule has 1 amide bonds. The van der Waals surface area contributed by atoms with Crippen molar-refractivity contribution in [2.75, 3.05) is 11.1 Å². The second-order valence-corrected chi connectivity index (χ2v) is 5.88. The predicted molar refractivity (Wildman–Crippen MR) is 82.3 cm³/mol. The summed E-state index contributed by atoms with van der Waals surface area (Å²) < 4.78 is 13.6. The minimum Gasteiger partial charge on any atom is -0.326 e. The first-order valence-corrected chi connectivity index (χ1v) is 7.72. The van der Waals surface area contributed by atoms with Gasteiger partial charge in [0, 0.05) is 28.5 Å². The van der Waals surface area contributed by atoms with E-state index in [1.807, 2.05) is 12.1 Å². The van der Waals surface area contributed by atoms with E-state index in [1.54, 1.807) is 6.20 Å². The lowest BCUT2D eigenvalue weighted by molar-refractivity contribution is -0.115. The number of amides is 1. The molecule has 2 aromatic rings. The predicted octanol–water partition coefficient (Wildman–Crippen LogP) is 4.10. The van der Waals surface area contributed by atoms with Crippen molar-refractivity contribution in [3.05, 3.63) is 52.9 Å². The van der Waals surface area contributed by atoms with Gasteiger partial charge in [0.2, 0.25) is 5.91 Å². The van der Waals surface area contributed by atoms with Gasteiger partial charge in [0.1, 0.15) is 10.8 Å². The number of nitrogens with one attached hydrogen (secondary N) is 1. The topological polar surface area (TPSA) is 42.0 Å². The van der Waals surface area contributed by atoms with E-state index in [9.17, 15) is 9.18 Å². The third kappa shape index (κ3) is 4.61. The third-order valence-corrected chi connectivity index (χ3v) is 4.33. The largest absolute Gasteiger partial charge is 0.326 e. The summed E-state index contributed by atoms with van der Waals surface area (Å²) in [6.07, 6.45) is 2.08. The molecule has 20 heavy (non-hydrogen) atoms. The average molecular weight is 355 g/mol. The first kappa shape index (κ1) is 15.0. The van der Waals surface area contributed by atoms with Gasteiger partial charge in [0.25, 0.3) is 0 Å². The molecule has 6 heteroatoms. The third-order valence-electron chi connectivity index (χ3n) is 2.42. The van der Waals surface area contributed by atoms with Crippen molar-refractivity contribution in [2.24, 2.45) is 0 Å². The highest BCUT2D eigenvalue weighted by molar-refractivity contribution is 9.10. The minimum absolute atomic E-state index is 0.101. The molecule has 104 valence electrons. The molecular formula is C14H12BrFN2OS. The Kier molecular flexibility index (Phi) is 5.55. The molecule has 0 bridgehead atoms. The van der Waals surface area contributed by atoms with Gasteiger partial charge in [-0.05, 0) is 52.3 Å². The van der Waals surface area contributed by atoms with Crippen LogP contribution in [0.3, 0.4) is 0 Å². The summed E-state index contributed by atoms with van der Waals surface area (Å²) in [5, 5.41) is 3.58. The summed E-state index contributed by atoms with van der Waals surface area (Å²) in [5.74, 6) is 0.206. The van der Waals surface area contributed by atoms with Crippen LogP contribution in [0.2, 0.25) is 0 Å². The van der Waals surface area contributed by atoms with Crippen LogP contribution in [0.25, 0.3) is 0 Å². The molecule has 0 atom stereocenters. The van der Waals surface area contributed by atoms with Crippen LogP contribution in [0.15, 0.2) is 52.1 Å². The van der Waals surface area contributed by atoms with E-state index in [1.165, 1.54) is 36.0 Å². The second-order valence-electron chi connectivity index (χ2n) is 3.94. The van der Waals surface area contributed by atoms with Gasteiger partial charge in [-0.25, -0.2) is 9.37 Å². The van der Waals surface area contributed by atoms with Crippen molar-refractivity contribution in [1.29, 1.82) is 0 Å². The van der Waals surface area contributed by atoms with Gasteiger partial charge in [-0.3, -0.25) is 4.79 Å². The molecule has 1 heterocycles. The Morgan fingerprint density at radius 1 is 1.30 bits per heavy atom. The summed E-state index contributed by atoms with van der Waals surface area (Å²) >= 11 is 4.91. The molecule has 1 aromatic heterocycles. The fourth-order valence-corrected chi connectivity index (χ4v) is 2.90. The van der Waals surface area contributed by atoms with E-state index < -0.39 is 0 Å². The first-order valence-electron chi connectivity index (χ1n) is 5.94. The van der Waals surface area contributed by atoms with E-state index in [-0.39, 0.29) is 11.7 Å². The van der Waals surface area contributed by atoms with Crippen molar-refractivity contribution in [3.8, 4) is 0 Å². The number of carbonyl (C=O) groups is 1. The average Bonchev–Trinajstić information content (AvgIpc) is 2.43. The van der Waals surface area contributed by atoms with Crippen LogP contribution in [0.4, 0.5) is 10.1 Å². The van der Waals surface area contributed by atoms with E-state index in [2.05, 4.69) is 26.2 Å². The van der Waals surface area contributed by atoms with Gasteiger partial charge in [0.05, 0.1) is 0 Å². The van der Waals surface area contributed by atoms with Gasteiger partial charge in [-0.1, -0.05) is 0 Å². The van der Waals surface area contributed by atoms with Crippen LogP contribution in [-0.4, -0.2) is 16.6 Å². The van der Waals surface area contributed by atoms with E-state index >= 15 is 0 Å². The molecule has 0 unspecified atom stereocenters. The normalized spacial score (nSPS) is 10.3. The molecule has 0 saturated carbocycles. The lowest BCUT2D eigenvalue weighted by atomic mass is 10.3. The number of aromatic nitrogens is 1. The molecule has 0 saturated heterocycles. The minimum atomic E-state index is -0.321. The summed E-state index contributed by atoms with van der Waals surface area (Å²) in [7, 11) is 0. The highest BCUT2D eigenvalue weighted by Crippen LogP contribution is 2.25. The number of benzene rings is 1. The summed E-state index contributed by atoms with van der Waals surface area (Å²) in [6.45, 7) is 0. The Morgan fingerprint density at radius 2 is 2.05 bits per heavy atom. The van der Waals surface area contributed by atoms with Crippen molar-refractivity contribution < 1.29 is 9.18 Å². The molecule has 0 spiro atoms. The molecule has 0 aliphatic rings. The lowest BCUT2D eigenvalue weighted by Crippen LogP contribution is -2.12. The maximum atomic E-state index is 12.7. The second kappa shape index (κ2) is 7.40. The number of halogens is 2. The van der Waals surface area contributed by atoms with Crippen molar-refractivity contribution in [3.63, 3.8) is 0 Å². The van der Waals surface area contributed by atoms with Crippen LogP contribution in [0, 0.1) is 5.82 Å². The summed E-state index contributed by atoms with van der Waals surface area (Å²) in [4.78, 5) is 15.9. The fraction of sp³-hybridized carbons (Fsp3) is 0.143. The van der Waals surface area contributed by atoms with Crippen LogP contribution < -0.4 is 5.32 Å². The Hall–Kier alpha value is -1.40. The van der Waals surface area contributed by atoms with Gasteiger partial charge < -0.3 is 5.32 Å². The zero-order chi connectivity index (χ0) is 14.4. The van der Waals surface area contributed by atoms with Crippen LogP contribution in [0.1, 0.15) is 6.42 Å². The molecule has 0 aliphatic heterocycles. The molecular weight excluding hydrogens is 343 g/mol. The highest BCUT2D eigenvalue weighted by Gasteiger charge is 2.05. The lowest BCUT2D eigenvalue weighted by Gasteiger charge is -2.05. The monoisotopic (exact) mass is 354 g/mol. The molecule has 1 aromatic carbocycles. The highest BCUT2D eigenvalue weighted by atomic mass is 79.9. The van der Waals surface area contributed by atoms with Crippen LogP contribution in [0.5, 0.6) is 0 Å². The Bertz CT molecular complexity index is 592. The zero-order valence-electron chi connectivity index (χ0n) is 10.5. The number of nitrogens with zero attached hydrogens (tertiary/aromatic N) is 1. The molecule has 1 N–H and O–H groups in total. The number of thioether (sulfide) groups is 1. The number of carbonyl (C=O) groups excluding carboxylic acids is 1. The molecule has 0 radical (unpaired) electrons. The van der Waals surface area contributed by atoms with Gasteiger partial charge >= 0.3 is 0 Å². The first-order chi connectivity index (χ1) is 9.65. The number of anilines is 1. The Balaban J connectivity index is 1.78. The maximum absolute atomic E-state index is 12.7.